The smallest absolute Gasteiger partial charge is 0.276 e. The molecule has 1 aromatic heterocycles. The number of methoxy groups -OCH3 is 1. The minimum Gasteiger partial charge on any atom is -0.395 e. The minimum absolute atomic E-state index is 0.0466. The van der Waals surface area contributed by atoms with Crippen molar-refractivity contribution in [1.82, 2.24) is 4.98 Å². The average Bonchev–Trinajstić information content (AvgIpc) is 2.42. The first-order valence-electron chi connectivity index (χ1n) is 5.81. The Bertz CT molecular complexity index is 427. The molecule has 0 aliphatic carbocycles. The van der Waals surface area contributed by atoms with Gasteiger partial charge in [-0.1, -0.05) is 0 Å². The molecule has 0 saturated carbocycles. The number of ether oxygens (including phenoxy) is 1. The van der Waals surface area contributed by atoms with Gasteiger partial charge in [-0.2, -0.15) is 0 Å². The van der Waals surface area contributed by atoms with Crippen LogP contribution < -0.4 is 10.2 Å². The Morgan fingerprint density at radius 1 is 1.53 bits per heavy atom. The lowest BCUT2D eigenvalue weighted by molar-refractivity contribution is -0.384. The highest BCUT2D eigenvalue weighted by molar-refractivity contribution is 5.55. The second kappa shape index (κ2) is 7.49. The lowest BCUT2D eigenvalue weighted by atomic mass is 10.3. The molecule has 8 nitrogen and oxygen atoms in total. The van der Waals surface area contributed by atoms with Gasteiger partial charge >= 0.3 is 0 Å². The van der Waals surface area contributed by atoms with Gasteiger partial charge in [-0.25, -0.2) is 4.98 Å². The van der Waals surface area contributed by atoms with E-state index in [0.717, 1.165) is 0 Å². The van der Waals surface area contributed by atoms with E-state index < -0.39 is 4.92 Å². The van der Waals surface area contributed by atoms with Crippen LogP contribution in [0.25, 0.3) is 0 Å². The van der Waals surface area contributed by atoms with Crippen LogP contribution in [0.1, 0.15) is 0 Å². The van der Waals surface area contributed by atoms with E-state index in [1.54, 1.807) is 19.1 Å². The number of nitrogens with one attached hydrogen (secondary N) is 1. The quantitative estimate of drug-likeness (QED) is 0.523. The van der Waals surface area contributed by atoms with Gasteiger partial charge in [0.05, 0.1) is 30.3 Å². The van der Waals surface area contributed by atoms with Crippen molar-refractivity contribution in [3.05, 3.63) is 22.2 Å². The number of nitrogens with zero attached hydrogens (tertiary/aromatic N) is 3. The molecule has 1 heterocycles. The van der Waals surface area contributed by atoms with E-state index in [2.05, 4.69) is 10.3 Å². The van der Waals surface area contributed by atoms with E-state index in [9.17, 15) is 10.1 Å². The van der Waals surface area contributed by atoms with Crippen LogP contribution in [0, 0.1) is 10.1 Å². The highest BCUT2D eigenvalue weighted by atomic mass is 16.6. The summed E-state index contributed by atoms with van der Waals surface area (Å²) in [6.45, 7) is 1.21. The van der Waals surface area contributed by atoms with Crippen molar-refractivity contribution < 1.29 is 14.8 Å². The van der Waals surface area contributed by atoms with Crippen molar-refractivity contribution in [2.75, 3.05) is 50.7 Å². The van der Waals surface area contributed by atoms with Crippen LogP contribution >= 0.6 is 0 Å². The molecule has 0 radical (unpaired) electrons. The van der Waals surface area contributed by atoms with E-state index in [1.165, 1.54) is 12.1 Å². The number of aliphatic hydroxyl groups is 1. The third-order valence-electron chi connectivity index (χ3n) is 2.52. The number of hydrogen-bond acceptors (Lipinski definition) is 7. The second-order valence-corrected chi connectivity index (χ2v) is 3.78. The molecule has 0 amide bonds. The lowest BCUT2D eigenvalue weighted by Gasteiger charge is -2.22. The molecule has 0 aliphatic heterocycles. The van der Waals surface area contributed by atoms with Crippen molar-refractivity contribution in [3.63, 3.8) is 0 Å². The monoisotopic (exact) mass is 270 g/mol. The van der Waals surface area contributed by atoms with Gasteiger partial charge in [0.25, 0.3) is 5.69 Å². The first-order valence-corrected chi connectivity index (χ1v) is 5.81. The Morgan fingerprint density at radius 2 is 2.26 bits per heavy atom. The van der Waals surface area contributed by atoms with E-state index in [0.29, 0.717) is 31.3 Å². The van der Waals surface area contributed by atoms with Crippen LogP contribution in [0.3, 0.4) is 0 Å². The normalized spacial score (nSPS) is 10.3. The van der Waals surface area contributed by atoms with Crippen molar-refractivity contribution in [3.8, 4) is 0 Å². The Hall–Kier alpha value is -1.93. The molecule has 1 aromatic rings. The van der Waals surface area contributed by atoms with Crippen LogP contribution in [-0.4, -0.2) is 55.5 Å². The molecule has 0 spiro atoms. The number of aromatic nitrogens is 1. The fourth-order valence-corrected chi connectivity index (χ4v) is 1.56. The van der Waals surface area contributed by atoms with Gasteiger partial charge in [-0.15, -0.1) is 0 Å². The molecule has 2 N–H and O–H groups in total. The predicted octanol–water partition coefficient (Wildman–Crippen LogP) is 0.477. The Kier molecular flexibility index (Phi) is 5.97. The number of hydrogen-bond donors (Lipinski definition) is 2. The molecule has 8 heteroatoms. The SMILES string of the molecule is CNc1cc([N+](=O)[O-])cc(N(CCO)CCOC)n1. The Balaban J connectivity index is 3.05. The molecular weight excluding hydrogens is 252 g/mol. The van der Waals surface area contributed by atoms with Crippen LogP contribution in [0.5, 0.6) is 0 Å². The summed E-state index contributed by atoms with van der Waals surface area (Å²) in [5.41, 5.74) is -0.0466. The Labute approximate surface area is 111 Å². The fraction of sp³-hybridized carbons (Fsp3) is 0.545. The van der Waals surface area contributed by atoms with Crippen LogP contribution in [0.4, 0.5) is 17.3 Å². The molecular formula is C11H18N4O4. The van der Waals surface area contributed by atoms with E-state index in [-0.39, 0.29) is 12.3 Å². The average molecular weight is 270 g/mol. The van der Waals surface area contributed by atoms with Crippen LogP contribution in [0.15, 0.2) is 12.1 Å². The largest absolute Gasteiger partial charge is 0.395 e. The summed E-state index contributed by atoms with van der Waals surface area (Å²) in [6.07, 6.45) is 0. The Morgan fingerprint density at radius 3 is 2.79 bits per heavy atom. The maximum Gasteiger partial charge on any atom is 0.276 e. The summed E-state index contributed by atoms with van der Waals surface area (Å²) in [7, 11) is 3.21. The summed E-state index contributed by atoms with van der Waals surface area (Å²) in [6, 6.07) is 2.74. The summed E-state index contributed by atoms with van der Waals surface area (Å²) < 4.78 is 4.97. The van der Waals surface area contributed by atoms with Gasteiger partial charge in [0, 0.05) is 27.2 Å². The third-order valence-corrected chi connectivity index (χ3v) is 2.52. The van der Waals surface area contributed by atoms with E-state index in [4.69, 9.17) is 9.84 Å². The zero-order valence-corrected chi connectivity index (χ0v) is 11.0. The van der Waals surface area contributed by atoms with Crippen LogP contribution in [-0.2, 0) is 4.74 Å². The fourth-order valence-electron chi connectivity index (χ4n) is 1.56. The van der Waals surface area contributed by atoms with Gasteiger partial charge < -0.3 is 20.1 Å². The molecule has 19 heavy (non-hydrogen) atoms. The van der Waals surface area contributed by atoms with Crippen molar-refractivity contribution in [1.29, 1.82) is 0 Å². The first kappa shape index (κ1) is 15.1. The number of anilines is 2. The minimum atomic E-state index is -0.473. The zero-order chi connectivity index (χ0) is 14.3. The van der Waals surface area contributed by atoms with Gasteiger partial charge in [0.2, 0.25) is 0 Å². The molecule has 0 atom stereocenters. The van der Waals surface area contributed by atoms with Crippen molar-refractivity contribution in [2.45, 2.75) is 0 Å². The van der Waals surface area contributed by atoms with Gasteiger partial charge in [-0.3, -0.25) is 10.1 Å². The maximum absolute atomic E-state index is 10.9. The molecule has 0 aliphatic rings. The van der Waals surface area contributed by atoms with Gasteiger partial charge in [0.1, 0.15) is 11.6 Å². The zero-order valence-electron chi connectivity index (χ0n) is 11.0. The lowest BCUT2D eigenvalue weighted by Crippen LogP contribution is -2.31. The van der Waals surface area contributed by atoms with E-state index >= 15 is 0 Å². The van der Waals surface area contributed by atoms with Crippen molar-refractivity contribution >= 4 is 17.3 Å². The molecule has 0 bridgehead atoms. The van der Waals surface area contributed by atoms with Gasteiger partial charge in [0.15, 0.2) is 0 Å². The highest BCUT2D eigenvalue weighted by Crippen LogP contribution is 2.22. The van der Waals surface area contributed by atoms with Crippen LogP contribution in [0.2, 0.25) is 0 Å². The third kappa shape index (κ3) is 4.34. The van der Waals surface area contributed by atoms with Crippen molar-refractivity contribution in [2.24, 2.45) is 0 Å². The summed E-state index contributed by atoms with van der Waals surface area (Å²) in [5.74, 6) is 0.842. The molecule has 0 saturated heterocycles. The molecule has 0 aromatic carbocycles. The predicted molar refractivity (Wildman–Crippen MR) is 71.6 cm³/mol. The number of rotatable bonds is 8. The summed E-state index contributed by atoms with van der Waals surface area (Å²) >= 11 is 0. The molecule has 0 fully saturated rings. The molecule has 106 valence electrons. The number of nitro groups is 1. The number of pyridine rings is 1. The van der Waals surface area contributed by atoms with E-state index in [1.807, 2.05) is 0 Å². The highest BCUT2D eigenvalue weighted by Gasteiger charge is 2.15. The standard InChI is InChI=1S/C11H18N4O4/c1-12-10-7-9(15(17)18)8-11(13-10)14(3-5-16)4-6-19-2/h7-8,16H,3-6H2,1-2H3,(H,12,13). The molecule has 1 rings (SSSR count). The number of aliphatic hydroxyl groups excluding tert-OH is 1. The molecule has 0 unspecified atom stereocenters. The van der Waals surface area contributed by atoms with Gasteiger partial charge in [-0.05, 0) is 0 Å². The second-order valence-electron chi connectivity index (χ2n) is 3.78. The summed E-state index contributed by atoms with van der Waals surface area (Å²) in [4.78, 5) is 16.4. The maximum atomic E-state index is 10.9. The summed E-state index contributed by atoms with van der Waals surface area (Å²) in [5, 5.41) is 22.7. The first-order chi connectivity index (χ1) is 9.12. The topological polar surface area (TPSA) is 101 Å².